The van der Waals surface area contributed by atoms with Crippen LogP contribution in [0.4, 0.5) is 5.82 Å². The lowest BCUT2D eigenvalue weighted by atomic mass is 10.1. The van der Waals surface area contributed by atoms with E-state index in [9.17, 15) is 4.79 Å². The topological polar surface area (TPSA) is 58.6 Å². The van der Waals surface area contributed by atoms with E-state index in [0.29, 0.717) is 41.9 Å². The van der Waals surface area contributed by atoms with E-state index in [1.54, 1.807) is 12.1 Å². The Hall–Kier alpha value is -2.83. The number of aryl methyl sites for hydroxylation is 2. The highest BCUT2D eigenvalue weighted by Gasteiger charge is 2.27. The fourth-order valence-corrected chi connectivity index (χ4v) is 4.33. The zero-order valence-electron chi connectivity index (χ0n) is 18.9. The molecule has 0 bridgehead atoms. The Morgan fingerprint density at radius 3 is 2.39 bits per heavy atom. The third-order valence-electron chi connectivity index (χ3n) is 5.77. The highest BCUT2D eigenvalue weighted by Crippen LogP contribution is 2.29. The highest BCUT2D eigenvalue weighted by molar-refractivity contribution is 6.36. The quantitative estimate of drug-likeness (QED) is 0.498. The summed E-state index contributed by atoms with van der Waals surface area (Å²) in [6, 6.07) is 15.1. The van der Waals surface area contributed by atoms with Crippen LogP contribution >= 0.6 is 23.2 Å². The number of ether oxygens (including phenoxy) is 1. The summed E-state index contributed by atoms with van der Waals surface area (Å²) in [5.41, 5.74) is 3.60. The number of carbonyl (C=O) groups is 1. The lowest BCUT2D eigenvalue weighted by Gasteiger charge is -2.36. The Bertz CT molecular complexity index is 1150. The minimum atomic E-state index is -0.541. The van der Waals surface area contributed by atoms with Gasteiger partial charge in [0, 0.05) is 36.8 Å². The molecule has 8 heteroatoms. The van der Waals surface area contributed by atoms with Gasteiger partial charge in [-0.2, -0.15) is 0 Å². The predicted octanol–water partition coefficient (Wildman–Crippen LogP) is 5.18. The molecule has 2 heterocycles. The monoisotopic (exact) mass is 484 g/mol. The molecule has 172 valence electrons. The van der Waals surface area contributed by atoms with Crippen LogP contribution < -0.4 is 9.64 Å². The molecule has 1 saturated heterocycles. The van der Waals surface area contributed by atoms with Gasteiger partial charge in [0.25, 0.3) is 5.91 Å². The van der Waals surface area contributed by atoms with Crippen molar-refractivity contribution in [3.05, 3.63) is 69.7 Å². The van der Waals surface area contributed by atoms with Crippen LogP contribution in [0, 0.1) is 13.8 Å². The lowest BCUT2D eigenvalue weighted by molar-refractivity contribution is -0.138. The third-order valence-corrected chi connectivity index (χ3v) is 6.32. The zero-order chi connectivity index (χ0) is 23.5. The molecule has 0 radical (unpaired) electrons. The molecule has 1 aromatic heterocycles. The standard InChI is InChI=1S/C25H26Cl2N4O2/c1-16-4-5-17(2)23(14-16)33-18(3)25(32)31-12-10-30(11-13-31)24-9-8-22(28-29-24)20-7-6-19(26)15-21(20)27/h4-9,14-15,18H,10-13H2,1-3H3. The van der Waals surface area contributed by atoms with Gasteiger partial charge in [0.2, 0.25) is 0 Å². The van der Waals surface area contributed by atoms with Crippen molar-refractivity contribution in [1.82, 2.24) is 15.1 Å². The largest absolute Gasteiger partial charge is 0.481 e. The second-order valence-electron chi connectivity index (χ2n) is 8.24. The van der Waals surface area contributed by atoms with Crippen molar-refractivity contribution in [3.63, 3.8) is 0 Å². The van der Waals surface area contributed by atoms with Crippen molar-refractivity contribution in [2.45, 2.75) is 26.9 Å². The molecule has 1 fully saturated rings. The Morgan fingerprint density at radius 2 is 1.73 bits per heavy atom. The number of amides is 1. The third kappa shape index (κ3) is 5.40. The van der Waals surface area contributed by atoms with E-state index < -0.39 is 6.10 Å². The molecule has 6 nitrogen and oxygen atoms in total. The van der Waals surface area contributed by atoms with E-state index in [0.717, 1.165) is 28.3 Å². The summed E-state index contributed by atoms with van der Waals surface area (Å²) in [6.45, 7) is 8.37. The Morgan fingerprint density at radius 1 is 0.970 bits per heavy atom. The van der Waals surface area contributed by atoms with Gasteiger partial charge in [-0.15, -0.1) is 10.2 Å². The molecule has 0 saturated carbocycles. The molecule has 33 heavy (non-hydrogen) atoms. The maximum Gasteiger partial charge on any atom is 0.263 e. The first-order valence-corrected chi connectivity index (χ1v) is 11.6. The summed E-state index contributed by atoms with van der Waals surface area (Å²) in [5.74, 6) is 1.52. The summed E-state index contributed by atoms with van der Waals surface area (Å²) in [6.07, 6.45) is -0.541. The van der Waals surface area contributed by atoms with Crippen LogP contribution in [0.25, 0.3) is 11.3 Å². The first-order chi connectivity index (χ1) is 15.8. The van der Waals surface area contributed by atoms with Crippen molar-refractivity contribution in [3.8, 4) is 17.0 Å². The van der Waals surface area contributed by atoms with Gasteiger partial charge in [0.05, 0.1) is 10.7 Å². The molecule has 1 aliphatic heterocycles. The predicted molar refractivity (Wildman–Crippen MR) is 132 cm³/mol. The molecule has 0 aliphatic carbocycles. The molecule has 1 unspecified atom stereocenters. The number of carbonyl (C=O) groups excluding carboxylic acids is 1. The normalized spacial score (nSPS) is 14.8. The number of hydrogen-bond acceptors (Lipinski definition) is 5. The summed E-state index contributed by atoms with van der Waals surface area (Å²) >= 11 is 12.3. The maximum absolute atomic E-state index is 12.9. The molecule has 4 rings (SSSR count). The van der Waals surface area contributed by atoms with Crippen LogP contribution in [-0.4, -0.2) is 53.3 Å². The van der Waals surface area contributed by atoms with Crippen molar-refractivity contribution in [2.24, 2.45) is 0 Å². The second-order valence-corrected chi connectivity index (χ2v) is 9.09. The average Bonchev–Trinajstić information content (AvgIpc) is 2.81. The first-order valence-electron chi connectivity index (χ1n) is 10.9. The lowest BCUT2D eigenvalue weighted by Crippen LogP contribution is -2.52. The number of anilines is 1. The zero-order valence-corrected chi connectivity index (χ0v) is 20.4. The van der Waals surface area contributed by atoms with Crippen molar-refractivity contribution < 1.29 is 9.53 Å². The van der Waals surface area contributed by atoms with Gasteiger partial charge in [-0.1, -0.05) is 35.3 Å². The Kier molecular flexibility index (Phi) is 7.05. The summed E-state index contributed by atoms with van der Waals surface area (Å²) in [4.78, 5) is 16.9. The summed E-state index contributed by atoms with van der Waals surface area (Å²) in [5, 5.41) is 9.83. The fourth-order valence-electron chi connectivity index (χ4n) is 3.82. The maximum atomic E-state index is 12.9. The Labute approximate surface area is 204 Å². The SMILES string of the molecule is Cc1ccc(C)c(OC(C)C(=O)N2CCN(c3ccc(-c4ccc(Cl)cc4Cl)nn3)CC2)c1. The number of hydrogen-bond donors (Lipinski definition) is 0. The number of nitrogens with zero attached hydrogens (tertiary/aromatic N) is 4. The van der Waals surface area contributed by atoms with Gasteiger partial charge in [0.1, 0.15) is 5.75 Å². The van der Waals surface area contributed by atoms with Crippen LogP contribution in [0.15, 0.2) is 48.5 Å². The molecule has 1 atom stereocenters. The van der Waals surface area contributed by atoms with Crippen LogP contribution in [0.5, 0.6) is 5.75 Å². The molecular weight excluding hydrogens is 459 g/mol. The molecule has 1 amide bonds. The van der Waals surface area contributed by atoms with Gasteiger partial charge >= 0.3 is 0 Å². The van der Waals surface area contributed by atoms with Crippen LogP contribution in [-0.2, 0) is 4.79 Å². The number of benzene rings is 2. The second kappa shape index (κ2) is 9.98. The average molecular weight is 485 g/mol. The van der Waals surface area contributed by atoms with E-state index >= 15 is 0 Å². The molecule has 2 aromatic carbocycles. The number of aromatic nitrogens is 2. The van der Waals surface area contributed by atoms with Gasteiger partial charge in [-0.25, -0.2) is 0 Å². The van der Waals surface area contributed by atoms with E-state index in [-0.39, 0.29) is 5.91 Å². The summed E-state index contributed by atoms with van der Waals surface area (Å²) < 4.78 is 5.98. The minimum absolute atomic E-state index is 0.00521. The fraction of sp³-hybridized carbons (Fsp3) is 0.320. The Balaban J connectivity index is 1.35. The molecule has 3 aromatic rings. The van der Waals surface area contributed by atoms with Crippen molar-refractivity contribution >= 4 is 34.9 Å². The smallest absolute Gasteiger partial charge is 0.263 e. The van der Waals surface area contributed by atoms with E-state index in [1.165, 1.54) is 0 Å². The molecule has 0 spiro atoms. The highest BCUT2D eigenvalue weighted by atomic mass is 35.5. The van der Waals surface area contributed by atoms with Crippen molar-refractivity contribution in [2.75, 3.05) is 31.1 Å². The van der Waals surface area contributed by atoms with E-state index in [4.69, 9.17) is 27.9 Å². The van der Waals surface area contributed by atoms with Gasteiger partial charge < -0.3 is 14.5 Å². The van der Waals surface area contributed by atoms with Gasteiger partial charge in [-0.3, -0.25) is 4.79 Å². The minimum Gasteiger partial charge on any atom is -0.481 e. The van der Waals surface area contributed by atoms with Crippen LogP contribution in [0.3, 0.4) is 0 Å². The molecule has 0 N–H and O–H groups in total. The number of piperazine rings is 1. The van der Waals surface area contributed by atoms with E-state index in [1.807, 2.05) is 62.1 Å². The summed E-state index contributed by atoms with van der Waals surface area (Å²) in [7, 11) is 0. The number of rotatable bonds is 5. The van der Waals surface area contributed by atoms with Crippen LogP contribution in [0.1, 0.15) is 18.1 Å². The van der Waals surface area contributed by atoms with Crippen molar-refractivity contribution in [1.29, 1.82) is 0 Å². The van der Waals surface area contributed by atoms with Crippen LogP contribution in [0.2, 0.25) is 10.0 Å². The first kappa shape index (κ1) is 23.3. The molecule has 1 aliphatic rings. The number of halogens is 2. The van der Waals surface area contributed by atoms with E-state index in [2.05, 4.69) is 15.1 Å². The van der Waals surface area contributed by atoms with Gasteiger partial charge in [0.15, 0.2) is 11.9 Å². The van der Waals surface area contributed by atoms with Gasteiger partial charge in [-0.05, 0) is 68.3 Å². The molecular formula is C25H26Cl2N4O2.